The fourth-order valence-electron chi connectivity index (χ4n) is 2.45. The highest BCUT2D eigenvalue weighted by Crippen LogP contribution is 2.31. The largest absolute Gasteiger partial charge is 0.379 e. The summed E-state index contributed by atoms with van der Waals surface area (Å²) in [6, 6.07) is 6.44. The lowest BCUT2D eigenvalue weighted by molar-refractivity contribution is -0.0589. The second kappa shape index (κ2) is 4.47. The van der Waals surface area contributed by atoms with Gasteiger partial charge in [-0.2, -0.15) is 0 Å². The Morgan fingerprint density at radius 2 is 2.16 bits per heavy atom. The summed E-state index contributed by atoms with van der Waals surface area (Å²) in [5, 5.41) is 0. The van der Waals surface area contributed by atoms with E-state index < -0.39 is 0 Å². The summed E-state index contributed by atoms with van der Waals surface area (Å²) >= 11 is 0. The predicted octanol–water partition coefficient (Wildman–Crippen LogP) is 1.92. The quantitative estimate of drug-likeness (QED) is 0.883. The number of nitrogens with two attached hydrogens (primary N) is 1. The number of aromatic amines is 1. The first-order valence-corrected chi connectivity index (χ1v) is 6.55. The first-order valence-electron chi connectivity index (χ1n) is 6.55. The van der Waals surface area contributed by atoms with Gasteiger partial charge in [0.1, 0.15) is 5.82 Å². The number of benzene rings is 1. The number of hydrogen-bond donors (Lipinski definition) is 2. The maximum atomic E-state index is 5.86. The molecule has 0 atom stereocenters. The van der Waals surface area contributed by atoms with Crippen LogP contribution in [0, 0.1) is 13.8 Å². The van der Waals surface area contributed by atoms with Crippen molar-refractivity contribution < 1.29 is 4.74 Å². The first-order chi connectivity index (χ1) is 9.14. The van der Waals surface area contributed by atoms with E-state index in [2.05, 4.69) is 42.0 Å². The lowest BCUT2D eigenvalue weighted by atomic mass is 9.85. The van der Waals surface area contributed by atoms with Gasteiger partial charge in [0.2, 0.25) is 0 Å². The van der Waals surface area contributed by atoms with Crippen LogP contribution in [0.15, 0.2) is 24.4 Å². The number of aromatic nitrogens is 2. The Kier molecular flexibility index (Phi) is 2.92. The lowest BCUT2D eigenvalue weighted by Crippen LogP contribution is -2.52. The Morgan fingerprint density at radius 1 is 1.37 bits per heavy atom. The van der Waals surface area contributed by atoms with Gasteiger partial charge in [0.05, 0.1) is 30.5 Å². The van der Waals surface area contributed by atoms with Crippen LogP contribution in [0.25, 0.3) is 11.3 Å². The van der Waals surface area contributed by atoms with Gasteiger partial charge in [-0.05, 0) is 25.5 Å². The molecule has 1 aliphatic heterocycles. The Hall–Kier alpha value is -1.65. The van der Waals surface area contributed by atoms with Gasteiger partial charge in [-0.25, -0.2) is 4.98 Å². The van der Waals surface area contributed by atoms with Gasteiger partial charge in [0.15, 0.2) is 0 Å². The fraction of sp³-hybridized carbons (Fsp3) is 0.400. The van der Waals surface area contributed by atoms with E-state index in [0.29, 0.717) is 19.8 Å². The van der Waals surface area contributed by atoms with E-state index in [9.17, 15) is 0 Å². The second-order valence-electron chi connectivity index (χ2n) is 5.44. The molecule has 0 unspecified atom stereocenters. The van der Waals surface area contributed by atoms with Crippen LogP contribution in [0.2, 0.25) is 0 Å². The Morgan fingerprint density at radius 3 is 2.79 bits per heavy atom. The molecule has 1 aromatic heterocycles. The number of H-pyrrole nitrogens is 1. The molecule has 0 aliphatic carbocycles. The summed E-state index contributed by atoms with van der Waals surface area (Å²) in [5.74, 6) is 0.942. The highest BCUT2D eigenvalue weighted by atomic mass is 16.5. The van der Waals surface area contributed by atoms with E-state index in [4.69, 9.17) is 10.5 Å². The number of hydrogen-bond acceptors (Lipinski definition) is 3. The number of nitrogens with zero attached hydrogens (tertiary/aromatic N) is 1. The first kappa shape index (κ1) is 12.4. The van der Waals surface area contributed by atoms with Crippen molar-refractivity contribution in [2.75, 3.05) is 19.8 Å². The minimum Gasteiger partial charge on any atom is -0.379 e. The van der Waals surface area contributed by atoms with Crippen LogP contribution in [0.4, 0.5) is 0 Å². The lowest BCUT2D eigenvalue weighted by Gasteiger charge is -2.38. The smallest absolute Gasteiger partial charge is 0.118 e. The summed E-state index contributed by atoms with van der Waals surface area (Å²) in [5.41, 5.74) is 10.5. The molecule has 19 heavy (non-hydrogen) atoms. The van der Waals surface area contributed by atoms with Crippen LogP contribution < -0.4 is 5.73 Å². The number of ether oxygens (including phenoxy) is 1. The van der Waals surface area contributed by atoms with Crippen LogP contribution in [-0.2, 0) is 10.2 Å². The van der Waals surface area contributed by atoms with Crippen LogP contribution in [-0.4, -0.2) is 29.7 Å². The maximum absolute atomic E-state index is 5.86. The van der Waals surface area contributed by atoms with Crippen molar-refractivity contribution in [1.29, 1.82) is 0 Å². The molecule has 3 N–H and O–H groups in total. The van der Waals surface area contributed by atoms with Crippen molar-refractivity contribution in [3.8, 4) is 11.3 Å². The summed E-state index contributed by atoms with van der Waals surface area (Å²) in [4.78, 5) is 7.93. The zero-order valence-electron chi connectivity index (χ0n) is 11.4. The number of imidazole rings is 1. The molecule has 100 valence electrons. The van der Waals surface area contributed by atoms with Crippen LogP contribution in [0.5, 0.6) is 0 Å². The molecule has 0 saturated carbocycles. The molecule has 0 radical (unpaired) electrons. The van der Waals surface area contributed by atoms with Gasteiger partial charge < -0.3 is 15.5 Å². The number of nitrogens with one attached hydrogen (secondary N) is 1. The molecule has 3 rings (SSSR count). The normalized spacial score (nSPS) is 17.2. The van der Waals surface area contributed by atoms with Gasteiger partial charge in [-0.1, -0.05) is 17.7 Å². The van der Waals surface area contributed by atoms with Crippen molar-refractivity contribution in [3.05, 3.63) is 41.3 Å². The predicted molar refractivity (Wildman–Crippen MR) is 75.0 cm³/mol. The molecule has 2 aromatic rings. The van der Waals surface area contributed by atoms with Crippen molar-refractivity contribution in [2.45, 2.75) is 19.3 Å². The number of rotatable bonds is 3. The van der Waals surface area contributed by atoms with E-state index in [1.165, 1.54) is 16.7 Å². The third-order valence-electron chi connectivity index (χ3n) is 3.91. The van der Waals surface area contributed by atoms with Crippen molar-refractivity contribution >= 4 is 0 Å². The second-order valence-corrected chi connectivity index (χ2v) is 5.44. The van der Waals surface area contributed by atoms with E-state index in [1.54, 1.807) is 0 Å². The molecule has 0 spiro atoms. The monoisotopic (exact) mass is 257 g/mol. The highest BCUT2D eigenvalue weighted by molar-refractivity contribution is 5.64. The molecule has 4 heteroatoms. The minimum atomic E-state index is -0.115. The highest BCUT2D eigenvalue weighted by Gasteiger charge is 2.41. The van der Waals surface area contributed by atoms with E-state index in [0.717, 1.165) is 11.5 Å². The van der Waals surface area contributed by atoms with Gasteiger partial charge in [0, 0.05) is 12.1 Å². The minimum absolute atomic E-state index is 0.115. The zero-order chi connectivity index (χ0) is 13.5. The van der Waals surface area contributed by atoms with E-state index in [1.807, 2.05) is 6.20 Å². The molecule has 1 fully saturated rings. The summed E-state index contributed by atoms with van der Waals surface area (Å²) in [6.07, 6.45) is 1.90. The molecule has 1 saturated heterocycles. The van der Waals surface area contributed by atoms with Crippen molar-refractivity contribution in [2.24, 2.45) is 5.73 Å². The molecular weight excluding hydrogens is 238 g/mol. The van der Waals surface area contributed by atoms with Gasteiger partial charge in [0.25, 0.3) is 0 Å². The van der Waals surface area contributed by atoms with Crippen LogP contribution in [0.3, 0.4) is 0 Å². The topological polar surface area (TPSA) is 63.9 Å². The third-order valence-corrected chi connectivity index (χ3v) is 3.91. The molecular formula is C15H19N3O. The summed E-state index contributed by atoms with van der Waals surface area (Å²) in [7, 11) is 0. The third kappa shape index (κ3) is 1.97. The van der Waals surface area contributed by atoms with Gasteiger partial charge in [-0.3, -0.25) is 0 Å². The molecule has 0 amide bonds. The van der Waals surface area contributed by atoms with E-state index in [-0.39, 0.29) is 5.41 Å². The Bertz CT molecular complexity index is 594. The Labute approximate surface area is 113 Å². The summed E-state index contributed by atoms with van der Waals surface area (Å²) < 4.78 is 5.30. The van der Waals surface area contributed by atoms with Crippen LogP contribution in [0.1, 0.15) is 17.0 Å². The van der Waals surface area contributed by atoms with Crippen LogP contribution >= 0.6 is 0 Å². The van der Waals surface area contributed by atoms with Gasteiger partial charge in [-0.15, -0.1) is 0 Å². The van der Waals surface area contributed by atoms with Crippen molar-refractivity contribution in [3.63, 3.8) is 0 Å². The van der Waals surface area contributed by atoms with Crippen molar-refractivity contribution in [1.82, 2.24) is 9.97 Å². The molecule has 4 nitrogen and oxygen atoms in total. The fourth-order valence-corrected chi connectivity index (χ4v) is 2.45. The number of aryl methyl sites for hydroxylation is 2. The van der Waals surface area contributed by atoms with Gasteiger partial charge >= 0.3 is 0 Å². The molecule has 2 heterocycles. The average molecular weight is 257 g/mol. The molecule has 0 bridgehead atoms. The SMILES string of the molecule is Cc1ccc(C)c(-c2cnc(C3(CN)COC3)[nH]2)c1. The molecule has 1 aliphatic rings. The van der Waals surface area contributed by atoms with E-state index >= 15 is 0 Å². The zero-order valence-corrected chi connectivity index (χ0v) is 11.4. The standard InChI is InChI=1S/C15H19N3O/c1-10-3-4-11(2)12(5-10)13-6-17-14(18-13)15(7-16)8-19-9-15/h3-6H,7-9,16H2,1-2H3,(H,17,18). The Balaban J connectivity index is 1.99. The average Bonchev–Trinajstić information content (AvgIpc) is 2.81. The maximum Gasteiger partial charge on any atom is 0.118 e. The summed E-state index contributed by atoms with van der Waals surface area (Å²) in [6.45, 7) is 6.08. The molecule has 1 aromatic carbocycles.